The minimum absolute atomic E-state index is 0.0502. The lowest BCUT2D eigenvalue weighted by molar-refractivity contribution is -0.254. The second kappa shape index (κ2) is 6.37. The smallest absolute Gasteiger partial charge is 0.221 e. The second-order valence-corrected chi connectivity index (χ2v) is 5.09. The van der Waals surface area contributed by atoms with E-state index in [4.69, 9.17) is 0 Å². The van der Waals surface area contributed by atoms with Crippen LogP contribution in [0.3, 0.4) is 0 Å². The van der Waals surface area contributed by atoms with Crippen molar-refractivity contribution < 1.29 is 15.0 Å². The number of azo groups is 1. The Morgan fingerprint density at radius 3 is 2.62 bits per heavy atom. The van der Waals surface area contributed by atoms with E-state index in [9.17, 15) is 15.0 Å². The number of aromatic carboxylic acids is 1. The van der Waals surface area contributed by atoms with Crippen molar-refractivity contribution in [2.24, 2.45) is 10.2 Å². The molecule has 120 valence electrons. The summed E-state index contributed by atoms with van der Waals surface area (Å²) in [6, 6.07) is 13.5. The van der Waals surface area contributed by atoms with E-state index in [1.807, 2.05) is 24.3 Å². The predicted octanol–water partition coefficient (Wildman–Crippen LogP) is 3.31. The molecule has 0 unspecified atom stereocenters. The van der Waals surface area contributed by atoms with Crippen LogP contribution >= 0.6 is 0 Å². The van der Waals surface area contributed by atoms with E-state index in [-0.39, 0.29) is 22.8 Å². The Kier molecular flexibility index (Phi) is 4.11. The Morgan fingerprint density at radius 1 is 1.17 bits per heavy atom. The van der Waals surface area contributed by atoms with Crippen LogP contribution in [0.1, 0.15) is 10.4 Å². The van der Waals surface area contributed by atoms with Crippen molar-refractivity contribution in [2.75, 3.05) is 0 Å². The van der Waals surface area contributed by atoms with Gasteiger partial charge in [-0.15, -0.1) is 16.8 Å². The number of nitrogens with zero attached hydrogens (tertiary/aromatic N) is 3. The summed E-state index contributed by atoms with van der Waals surface area (Å²) in [6.07, 6.45) is 1.67. The largest absolute Gasteiger partial charge is 0.545 e. The summed E-state index contributed by atoms with van der Waals surface area (Å²) >= 11 is 0. The van der Waals surface area contributed by atoms with Crippen LogP contribution < -0.4 is 5.11 Å². The van der Waals surface area contributed by atoms with Crippen molar-refractivity contribution >= 4 is 28.2 Å². The van der Waals surface area contributed by atoms with Crippen molar-refractivity contribution in [3.8, 4) is 5.88 Å². The van der Waals surface area contributed by atoms with Gasteiger partial charge in [-0.25, -0.2) is 0 Å². The van der Waals surface area contributed by atoms with Gasteiger partial charge < -0.3 is 19.6 Å². The monoisotopic (exact) mass is 320 g/mol. The molecule has 2 aromatic carbocycles. The normalized spacial score (nSPS) is 11.2. The third kappa shape index (κ3) is 2.65. The molecule has 3 aromatic rings. The summed E-state index contributed by atoms with van der Waals surface area (Å²) in [5.41, 5.74) is 1.17. The molecule has 0 aliphatic heterocycles. The summed E-state index contributed by atoms with van der Waals surface area (Å²) in [5, 5.41) is 30.3. The molecule has 0 saturated heterocycles. The third-order valence-electron chi connectivity index (χ3n) is 3.61. The lowest BCUT2D eigenvalue weighted by atomic mass is 10.2. The average Bonchev–Trinajstić information content (AvgIpc) is 2.86. The first kappa shape index (κ1) is 15.5. The van der Waals surface area contributed by atoms with Crippen LogP contribution in [0.5, 0.6) is 5.88 Å². The topological polar surface area (TPSA) is 90.0 Å². The van der Waals surface area contributed by atoms with Gasteiger partial charge in [0.15, 0.2) is 5.69 Å². The van der Waals surface area contributed by atoms with E-state index in [0.717, 1.165) is 5.52 Å². The maximum absolute atomic E-state index is 11.1. The highest BCUT2D eigenvalue weighted by Gasteiger charge is 2.15. The first-order valence-electron chi connectivity index (χ1n) is 7.26. The van der Waals surface area contributed by atoms with Gasteiger partial charge in [-0.05, 0) is 12.1 Å². The molecule has 6 nitrogen and oxygen atoms in total. The fourth-order valence-electron chi connectivity index (χ4n) is 2.52. The summed E-state index contributed by atoms with van der Waals surface area (Å²) in [6.45, 7) is 4.09. The molecule has 6 heteroatoms. The fraction of sp³-hybridized carbons (Fsp3) is 0.0556. The molecule has 0 radical (unpaired) electrons. The Hall–Kier alpha value is -3.41. The summed E-state index contributed by atoms with van der Waals surface area (Å²) in [4.78, 5) is 11.1. The first-order valence-corrected chi connectivity index (χ1v) is 7.26. The van der Waals surface area contributed by atoms with Gasteiger partial charge in [0.1, 0.15) is 0 Å². The van der Waals surface area contributed by atoms with Crippen molar-refractivity contribution in [1.29, 1.82) is 0 Å². The average molecular weight is 320 g/mol. The SMILES string of the molecule is C=CCn1c(O)c(N=Nc2ccccc2C(=O)[O-])c2ccccc21. The van der Waals surface area contributed by atoms with Crippen LogP contribution in [0.25, 0.3) is 10.9 Å². The Balaban J connectivity index is 2.13. The van der Waals surface area contributed by atoms with Crippen molar-refractivity contribution in [2.45, 2.75) is 6.54 Å². The number of para-hydroxylation sites is 1. The number of aromatic nitrogens is 1. The van der Waals surface area contributed by atoms with Gasteiger partial charge in [0, 0.05) is 17.5 Å². The molecule has 0 aliphatic rings. The van der Waals surface area contributed by atoms with E-state index in [0.29, 0.717) is 11.9 Å². The molecular weight excluding hydrogens is 306 g/mol. The van der Waals surface area contributed by atoms with Crippen LogP contribution in [0.4, 0.5) is 11.4 Å². The highest BCUT2D eigenvalue weighted by atomic mass is 16.4. The number of aromatic hydroxyl groups is 1. The van der Waals surface area contributed by atoms with Gasteiger partial charge in [0.2, 0.25) is 5.88 Å². The van der Waals surface area contributed by atoms with Gasteiger partial charge in [-0.2, -0.15) is 0 Å². The van der Waals surface area contributed by atoms with Crippen LogP contribution in [0, 0.1) is 0 Å². The van der Waals surface area contributed by atoms with Crippen LogP contribution in [0.2, 0.25) is 0 Å². The zero-order chi connectivity index (χ0) is 17.1. The number of fused-ring (bicyclic) bond motifs is 1. The molecule has 0 amide bonds. The molecule has 0 aliphatic carbocycles. The maximum Gasteiger partial charge on any atom is 0.221 e. The Morgan fingerprint density at radius 2 is 1.88 bits per heavy atom. The number of hydrogen-bond donors (Lipinski definition) is 1. The number of allylic oxidation sites excluding steroid dienone is 1. The Bertz CT molecular complexity index is 957. The third-order valence-corrected chi connectivity index (χ3v) is 3.61. The van der Waals surface area contributed by atoms with Crippen molar-refractivity contribution in [3.63, 3.8) is 0 Å². The van der Waals surface area contributed by atoms with Gasteiger partial charge in [-0.3, -0.25) is 0 Å². The van der Waals surface area contributed by atoms with Gasteiger partial charge >= 0.3 is 0 Å². The number of carbonyl (C=O) groups is 1. The van der Waals surface area contributed by atoms with E-state index >= 15 is 0 Å². The Labute approximate surface area is 138 Å². The molecule has 0 bridgehead atoms. The molecule has 1 heterocycles. The van der Waals surface area contributed by atoms with Crippen LogP contribution in [0.15, 0.2) is 71.4 Å². The molecule has 1 aromatic heterocycles. The summed E-state index contributed by atoms with van der Waals surface area (Å²) < 4.78 is 1.65. The van der Waals surface area contributed by atoms with Crippen molar-refractivity contribution in [1.82, 2.24) is 4.57 Å². The quantitative estimate of drug-likeness (QED) is 0.577. The molecule has 0 fully saturated rings. The second-order valence-electron chi connectivity index (χ2n) is 5.09. The van der Waals surface area contributed by atoms with E-state index in [1.165, 1.54) is 12.1 Å². The van der Waals surface area contributed by atoms with Crippen molar-refractivity contribution in [3.05, 3.63) is 66.7 Å². The fourth-order valence-corrected chi connectivity index (χ4v) is 2.52. The minimum Gasteiger partial charge on any atom is -0.545 e. The van der Waals surface area contributed by atoms with Gasteiger partial charge in [0.25, 0.3) is 0 Å². The van der Waals surface area contributed by atoms with Crippen LogP contribution in [-0.2, 0) is 6.54 Å². The maximum atomic E-state index is 11.1. The minimum atomic E-state index is -1.33. The standard InChI is InChI=1S/C18H15N3O3/c1-2-11-21-15-10-6-4-8-13(15)16(17(21)22)20-19-14-9-5-3-7-12(14)18(23)24/h2-10,22H,1,11H2,(H,23,24)/p-1. The molecule has 0 atom stereocenters. The molecule has 3 rings (SSSR count). The number of benzene rings is 2. The number of carbonyl (C=O) groups excluding carboxylic acids is 1. The lowest BCUT2D eigenvalue weighted by Crippen LogP contribution is -2.22. The number of rotatable bonds is 5. The highest BCUT2D eigenvalue weighted by Crippen LogP contribution is 2.39. The first-order chi connectivity index (χ1) is 11.6. The number of carboxylic acid groups (broad SMARTS) is 1. The van der Waals surface area contributed by atoms with Gasteiger partial charge in [0.05, 0.1) is 17.2 Å². The zero-order valence-corrected chi connectivity index (χ0v) is 12.7. The molecular formula is C18H14N3O3-. The zero-order valence-electron chi connectivity index (χ0n) is 12.7. The van der Waals surface area contributed by atoms with Gasteiger partial charge in [-0.1, -0.05) is 42.5 Å². The number of hydrogen-bond acceptors (Lipinski definition) is 5. The number of carboxylic acids is 1. The summed E-state index contributed by atoms with van der Waals surface area (Å²) in [5.74, 6) is -1.38. The van der Waals surface area contributed by atoms with Crippen LogP contribution in [-0.4, -0.2) is 15.6 Å². The van der Waals surface area contributed by atoms with E-state index in [2.05, 4.69) is 16.8 Å². The summed E-state index contributed by atoms with van der Waals surface area (Å²) in [7, 11) is 0. The lowest BCUT2D eigenvalue weighted by Gasteiger charge is -2.04. The van der Waals surface area contributed by atoms with E-state index < -0.39 is 5.97 Å². The molecule has 0 saturated carbocycles. The molecule has 24 heavy (non-hydrogen) atoms. The van der Waals surface area contributed by atoms with E-state index in [1.54, 1.807) is 22.8 Å². The predicted molar refractivity (Wildman–Crippen MR) is 88.7 cm³/mol. The molecule has 0 spiro atoms. The highest BCUT2D eigenvalue weighted by molar-refractivity contribution is 5.95. The molecule has 1 N–H and O–H groups in total.